The molecule has 0 bridgehead atoms. The van der Waals surface area contributed by atoms with Crippen molar-refractivity contribution in [3.63, 3.8) is 0 Å². The van der Waals surface area contributed by atoms with Gasteiger partial charge in [0.15, 0.2) is 23.4 Å². The number of aliphatic imine (C=N–C) groups is 1. The lowest BCUT2D eigenvalue weighted by molar-refractivity contribution is -0.612. The van der Waals surface area contributed by atoms with E-state index in [0.29, 0.717) is 16.8 Å². The number of hydrogen-bond acceptors (Lipinski definition) is 6. The highest BCUT2D eigenvalue weighted by molar-refractivity contribution is 6.09. The number of carbonyl (C=O) groups excluding carboxylic acids is 1. The Morgan fingerprint density at radius 3 is 2.46 bits per heavy atom. The standard InChI is InChI=1S/C20H18N6O2/c1-13-8-17(6-7-26(13)28)20(18(27)25(2)19(21)24-20)16-5-3-4-14(9-16)15-10-22-12-23-11-15/h3-12H,1-2H3,(H2,21,24). The largest absolute Gasteiger partial charge is 0.619 e. The molecule has 2 N–H and O–H groups in total. The molecule has 1 aliphatic heterocycles. The summed E-state index contributed by atoms with van der Waals surface area (Å²) in [5, 5.41) is 11.8. The molecule has 1 aromatic carbocycles. The fourth-order valence-corrected chi connectivity index (χ4v) is 3.38. The van der Waals surface area contributed by atoms with Crippen LogP contribution < -0.4 is 10.5 Å². The Morgan fingerprint density at radius 1 is 1.11 bits per heavy atom. The number of benzene rings is 1. The SMILES string of the molecule is Cc1cc(C2(c3cccc(-c4cncnc4)c3)N=C(N)N(C)C2=O)cc[n+]1[O-]. The number of guanidine groups is 1. The minimum Gasteiger partial charge on any atom is -0.619 e. The highest BCUT2D eigenvalue weighted by atomic mass is 16.5. The van der Waals surface area contributed by atoms with Gasteiger partial charge in [0.05, 0.1) is 0 Å². The second-order valence-corrected chi connectivity index (χ2v) is 6.64. The number of hydrogen-bond donors (Lipinski definition) is 1. The molecule has 0 saturated carbocycles. The molecule has 1 amide bonds. The van der Waals surface area contributed by atoms with E-state index in [9.17, 15) is 10.0 Å². The fraction of sp³-hybridized carbons (Fsp3) is 0.150. The number of nitrogens with zero attached hydrogens (tertiary/aromatic N) is 5. The van der Waals surface area contributed by atoms with Gasteiger partial charge in [-0.3, -0.25) is 9.69 Å². The molecule has 3 aromatic rings. The number of amides is 1. The molecular weight excluding hydrogens is 356 g/mol. The van der Waals surface area contributed by atoms with Crippen LogP contribution in [0.25, 0.3) is 11.1 Å². The molecule has 8 heteroatoms. The van der Waals surface area contributed by atoms with E-state index >= 15 is 0 Å². The van der Waals surface area contributed by atoms with Crippen molar-refractivity contribution in [2.45, 2.75) is 12.5 Å². The molecule has 1 unspecified atom stereocenters. The van der Waals surface area contributed by atoms with Crippen LogP contribution in [-0.4, -0.2) is 33.8 Å². The molecule has 1 atom stereocenters. The van der Waals surface area contributed by atoms with Crippen LogP contribution in [0, 0.1) is 12.1 Å². The fourth-order valence-electron chi connectivity index (χ4n) is 3.38. The highest BCUT2D eigenvalue weighted by Gasteiger charge is 2.50. The molecule has 2 aromatic heterocycles. The number of aromatic nitrogens is 3. The summed E-state index contributed by atoms with van der Waals surface area (Å²) < 4.78 is 0.741. The van der Waals surface area contributed by atoms with Crippen LogP contribution >= 0.6 is 0 Å². The Bertz CT molecular complexity index is 1100. The van der Waals surface area contributed by atoms with Gasteiger partial charge in [0, 0.05) is 49.6 Å². The number of rotatable bonds is 3. The van der Waals surface area contributed by atoms with E-state index in [-0.39, 0.29) is 11.9 Å². The molecule has 0 saturated heterocycles. The Morgan fingerprint density at radius 2 is 1.82 bits per heavy atom. The van der Waals surface area contributed by atoms with Gasteiger partial charge in [-0.25, -0.2) is 15.0 Å². The maximum Gasteiger partial charge on any atom is 0.266 e. The number of likely N-dealkylation sites (N-methyl/N-ethyl adjacent to an activating group) is 1. The van der Waals surface area contributed by atoms with Gasteiger partial charge >= 0.3 is 0 Å². The molecule has 4 rings (SSSR count). The predicted octanol–water partition coefficient (Wildman–Crippen LogP) is 1.12. The summed E-state index contributed by atoms with van der Waals surface area (Å²) in [6, 6.07) is 10.7. The first-order valence-electron chi connectivity index (χ1n) is 8.63. The number of pyridine rings is 1. The summed E-state index contributed by atoms with van der Waals surface area (Å²) in [4.78, 5) is 27.3. The van der Waals surface area contributed by atoms with Crippen molar-refractivity contribution in [3.05, 3.63) is 83.3 Å². The normalized spacial score (nSPS) is 19.0. The Hall–Kier alpha value is -3.81. The predicted molar refractivity (Wildman–Crippen MR) is 103 cm³/mol. The minimum atomic E-state index is -1.36. The van der Waals surface area contributed by atoms with Gasteiger partial charge in [-0.2, -0.15) is 4.73 Å². The van der Waals surface area contributed by atoms with E-state index in [2.05, 4.69) is 15.0 Å². The van der Waals surface area contributed by atoms with Crippen molar-refractivity contribution in [2.75, 3.05) is 7.05 Å². The lowest BCUT2D eigenvalue weighted by Gasteiger charge is -2.26. The summed E-state index contributed by atoms with van der Waals surface area (Å²) in [6.45, 7) is 1.68. The quantitative estimate of drug-likeness (QED) is 0.545. The zero-order chi connectivity index (χ0) is 19.9. The lowest BCUT2D eigenvalue weighted by Crippen LogP contribution is -2.42. The summed E-state index contributed by atoms with van der Waals surface area (Å²) in [6.07, 6.45) is 6.23. The van der Waals surface area contributed by atoms with E-state index in [4.69, 9.17) is 5.73 Å². The van der Waals surface area contributed by atoms with Gasteiger partial charge in [-0.05, 0) is 17.2 Å². The van der Waals surface area contributed by atoms with Crippen molar-refractivity contribution in [1.82, 2.24) is 14.9 Å². The topological polar surface area (TPSA) is 111 Å². The van der Waals surface area contributed by atoms with Crippen LogP contribution in [-0.2, 0) is 10.3 Å². The van der Waals surface area contributed by atoms with Gasteiger partial charge in [0.25, 0.3) is 5.91 Å². The third kappa shape index (κ3) is 2.58. The Labute approximate surface area is 161 Å². The van der Waals surface area contributed by atoms with E-state index in [0.717, 1.165) is 15.9 Å². The number of nitrogens with two attached hydrogens (primary N) is 1. The second kappa shape index (κ2) is 6.41. The smallest absolute Gasteiger partial charge is 0.266 e. The van der Waals surface area contributed by atoms with Gasteiger partial charge in [-0.15, -0.1) is 0 Å². The van der Waals surface area contributed by atoms with Crippen LogP contribution in [0.4, 0.5) is 0 Å². The zero-order valence-corrected chi connectivity index (χ0v) is 15.4. The van der Waals surface area contributed by atoms with Crippen molar-refractivity contribution < 1.29 is 9.52 Å². The van der Waals surface area contributed by atoms with E-state index in [1.165, 1.54) is 17.4 Å². The Balaban J connectivity index is 1.96. The molecule has 0 radical (unpaired) electrons. The van der Waals surface area contributed by atoms with Crippen LogP contribution in [0.3, 0.4) is 0 Å². The zero-order valence-electron chi connectivity index (χ0n) is 15.4. The average Bonchev–Trinajstić information content (AvgIpc) is 2.96. The van der Waals surface area contributed by atoms with E-state index in [1.807, 2.05) is 24.3 Å². The minimum absolute atomic E-state index is 0.120. The van der Waals surface area contributed by atoms with E-state index in [1.54, 1.807) is 38.5 Å². The monoisotopic (exact) mass is 374 g/mol. The van der Waals surface area contributed by atoms with Crippen molar-refractivity contribution in [3.8, 4) is 11.1 Å². The summed E-state index contributed by atoms with van der Waals surface area (Å²) >= 11 is 0. The third-order valence-electron chi connectivity index (χ3n) is 4.93. The molecule has 0 fully saturated rings. The summed E-state index contributed by atoms with van der Waals surface area (Å²) in [7, 11) is 1.58. The number of carbonyl (C=O) groups is 1. The summed E-state index contributed by atoms with van der Waals surface area (Å²) in [5.74, 6) is -0.163. The average molecular weight is 374 g/mol. The number of aryl methyl sites for hydroxylation is 1. The Kier molecular flexibility index (Phi) is 4.03. The van der Waals surface area contributed by atoms with Gasteiger partial charge in [-0.1, -0.05) is 18.2 Å². The molecule has 1 aliphatic rings. The summed E-state index contributed by atoms with van der Waals surface area (Å²) in [5.41, 5.74) is 8.00. The van der Waals surface area contributed by atoms with E-state index < -0.39 is 5.54 Å². The van der Waals surface area contributed by atoms with Crippen molar-refractivity contribution in [2.24, 2.45) is 10.7 Å². The van der Waals surface area contributed by atoms with Gasteiger partial charge < -0.3 is 10.9 Å². The van der Waals surface area contributed by atoms with Gasteiger partial charge in [0.2, 0.25) is 0 Å². The van der Waals surface area contributed by atoms with Gasteiger partial charge in [0.1, 0.15) is 6.33 Å². The van der Waals surface area contributed by atoms with Crippen LogP contribution in [0.5, 0.6) is 0 Å². The molecule has 140 valence electrons. The van der Waals surface area contributed by atoms with Crippen molar-refractivity contribution in [1.29, 1.82) is 0 Å². The first-order chi connectivity index (χ1) is 13.4. The highest BCUT2D eigenvalue weighted by Crippen LogP contribution is 2.40. The third-order valence-corrected chi connectivity index (χ3v) is 4.93. The first-order valence-corrected chi connectivity index (χ1v) is 8.63. The molecule has 28 heavy (non-hydrogen) atoms. The molecular formula is C20H18N6O2. The van der Waals surface area contributed by atoms with Crippen LogP contribution in [0.1, 0.15) is 16.8 Å². The first kappa shape index (κ1) is 17.6. The second-order valence-electron chi connectivity index (χ2n) is 6.64. The van der Waals surface area contributed by atoms with Crippen molar-refractivity contribution >= 4 is 11.9 Å². The molecule has 3 heterocycles. The molecule has 8 nitrogen and oxygen atoms in total. The molecule has 0 aliphatic carbocycles. The maximum atomic E-state index is 13.3. The van der Waals surface area contributed by atoms with Crippen LogP contribution in [0.15, 0.2) is 66.3 Å². The lowest BCUT2D eigenvalue weighted by atomic mass is 9.82. The van der Waals surface area contributed by atoms with Crippen LogP contribution in [0.2, 0.25) is 0 Å². The maximum absolute atomic E-state index is 13.3. The molecule has 0 spiro atoms.